The zero-order valence-corrected chi connectivity index (χ0v) is 16.9. The molecule has 0 bridgehead atoms. The summed E-state index contributed by atoms with van der Waals surface area (Å²) in [6, 6.07) is 9.50. The maximum absolute atomic E-state index is 12.8. The number of hydrogen-bond donors (Lipinski definition) is 1. The van der Waals surface area contributed by atoms with Crippen LogP contribution >= 0.6 is 11.3 Å². The summed E-state index contributed by atoms with van der Waals surface area (Å²) in [7, 11) is -3.65. The van der Waals surface area contributed by atoms with Crippen molar-refractivity contribution in [2.75, 3.05) is 18.4 Å². The van der Waals surface area contributed by atoms with E-state index in [9.17, 15) is 13.2 Å². The number of nitrogens with one attached hydrogen (secondary N) is 1. The molecule has 27 heavy (non-hydrogen) atoms. The van der Waals surface area contributed by atoms with Crippen LogP contribution in [0, 0.1) is 0 Å². The van der Waals surface area contributed by atoms with Gasteiger partial charge in [0.05, 0.1) is 5.92 Å². The van der Waals surface area contributed by atoms with Gasteiger partial charge in [0.25, 0.3) is 10.0 Å². The minimum atomic E-state index is -3.65. The fourth-order valence-electron chi connectivity index (χ4n) is 3.21. The van der Waals surface area contributed by atoms with E-state index in [1.165, 1.54) is 4.31 Å². The summed E-state index contributed by atoms with van der Waals surface area (Å²) < 4.78 is 27.0. The van der Waals surface area contributed by atoms with E-state index in [1.54, 1.807) is 0 Å². The highest BCUT2D eigenvalue weighted by Gasteiger charge is 2.29. The van der Waals surface area contributed by atoms with E-state index in [0.717, 1.165) is 42.6 Å². The molecule has 1 unspecified atom stereocenters. The van der Waals surface area contributed by atoms with Crippen molar-refractivity contribution in [3.8, 4) is 0 Å². The second-order valence-electron chi connectivity index (χ2n) is 6.55. The Kier molecular flexibility index (Phi) is 6.56. The molecule has 1 fully saturated rings. The fourth-order valence-corrected chi connectivity index (χ4v) is 5.77. The summed E-state index contributed by atoms with van der Waals surface area (Å²) in [5, 5.41) is 10.6. The average Bonchev–Trinajstić information content (AvgIpc) is 2.96. The normalized spacial score (nSPS) is 17.2. The van der Waals surface area contributed by atoms with Gasteiger partial charge in [-0.3, -0.25) is 10.1 Å². The van der Waals surface area contributed by atoms with Crippen molar-refractivity contribution in [3.05, 3.63) is 35.9 Å². The molecule has 1 atom stereocenters. The highest BCUT2D eigenvalue weighted by molar-refractivity contribution is 7.91. The van der Waals surface area contributed by atoms with Crippen LogP contribution in [-0.2, 0) is 14.8 Å². The lowest BCUT2D eigenvalue weighted by Crippen LogP contribution is -2.31. The van der Waals surface area contributed by atoms with Crippen LogP contribution in [0.2, 0.25) is 0 Å². The third-order valence-electron chi connectivity index (χ3n) is 4.69. The third-order valence-corrected chi connectivity index (χ3v) is 7.77. The molecule has 0 spiro atoms. The second-order valence-corrected chi connectivity index (χ2v) is 9.64. The predicted octanol–water partition coefficient (Wildman–Crippen LogP) is 3.24. The first-order valence-corrected chi connectivity index (χ1v) is 11.5. The fraction of sp³-hybridized carbons (Fsp3) is 0.500. The lowest BCUT2D eigenvalue weighted by Gasteiger charge is -2.17. The molecule has 1 aliphatic rings. The van der Waals surface area contributed by atoms with Crippen molar-refractivity contribution >= 4 is 32.4 Å². The predicted molar refractivity (Wildman–Crippen MR) is 105 cm³/mol. The van der Waals surface area contributed by atoms with Gasteiger partial charge in [0.15, 0.2) is 0 Å². The van der Waals surface area contributed by atoms with E-state index in [0.29, 0.717) is 19.5 Å². The molecule has 1 amide bonds. The van der Waals surface area contributed by atoms with Crippen LogP contribution in [0.3, 0.4) is 0 Å². The molecule has 1 aromatic heterocycles. The van der Waals surface area contributed by atoms with Gasteiger partial charge in [0, 0.05) is 13.1 Å². The standard InChI is InChI=1S/C18H24N4O3S2/c1-2-15(14-10-6-5-7-11-14)16(23)19-17-20-21-18(26-17)27(24,25)22-12-8-3-4-9-13-22/h5-7,10-11,15H,2-4,8-9,12-13H2,1H3,(H,19,20,23). The van der Waals surface area contributed by atoms with Crippen molar-refractivity contribution in [3.63, 3.8) is 0 Å². The van der Waals surface area contributed by atoms with Crippen LogP contribution in [0.1, 0.15) is 50.5 Å². The van der Waals surface area contributed by atoms with E-state index in [2.05, 4.69) is 15.5 Å². The van der Waals surface area contributed by atoms with E-state index in [-0.39, 0.29) is 21.3 Å². The topological polar surface area (TPSA) is 92.3 Å². The largest absolute Gasteiger partial charge is 0.300 e. The first-order chi connectivity index (χ1) is 13.0. The molecule has 0 saturated carbocycles. The Balaban J connectivity index is 1.72. The molecule has 2 heterocycles. The Bertz CT molecular complexity index is 860. The monoisotopic (exact) mass is 408 g/mol. The molecule has 1 N–H and O–H groups in total. The van der Waals surface area contributed by atoms with Gasteiger partial charge in [-0.2, -0.15) is 4.31 Å². The number of aromatic nitrogens is 2. The summed E-state index contributed by atoms with van der Waals surface area (Å²) in [6.07, 6.45) is 4.43. The number of anilines is 1. The van der Waals surface area contributed by atoms with Crippen molar-refractivity contribution in [2.24, 2.45) is 0 Å². The molecular weight excluding hydrogens is 384 g/mol. The quantitative estimate of drug-likeness (QED) is 0.741. The second kappa shape index (κ2) is 8.90. The first-order valence-electron chi connectivity index (χ1n) is 9.22. The molecule has 9 heteroatoms. The van der Waals surface area contributed by atoms with Gasteiger partial charge in [-0.25, -0.2) is 8.42 Å². The maximum atomic E-state index is 12.8. The zero-order valence-electron chi connectivity index (χ0n) is 15.3. The summed E-state index contributed by atoms with van der Waals surface area (Å²) >= 11 is 0.908. The summed E-state index contributed by atoms with van der Waals surface area (Å²) in [5.74, 6) is -0.528. The molecule has 1 saturated heterocycles. The molecule has 2 aromatic rings. The van der Waals surface area contributed by atoms with Crippen molar-refractivity contribution in [1.82, 2.24) is 14.5 Å². The van der Waals surface area contributed by atoms with Crippen LogP contribution in [0.25, 0.3) is 0 Å². The zero-order chi connectivity index (χ0) is 19.3. The molecule has 0 aliphatic carbocycles. The molecule has 1 aromatic carbocycles. The van der Waals surface area contributed by atoms with Crippen molar-refractivity contribution < 1.29 is 13.2 Å². The molecule has 7 nitrogen and oxygen atoms in total. The van der Waals surface area contributed by atoms with Gasteiger partial charge in [-0.05, 0) is 24.8 Å². The van der Waals surface area contributed by atoms with Crippen LogP contribution < -0.4 is 5.32 Å². The molecule has 1 aliphatic heterocycles. The average molecular weight is 409 g/mol. The smallest absolute Gasteiger partial charge is 0.272 e. The summed E-state index contributed by atoms with van der Waals surface area (Å²) in [6.45, 7) is 2.96. The van der Waals surface area contributed by atoms with Crippen LogP contribution in [0.4, 0.5) is 5.13 Å². The Morgan fingerprint density at radius 2 is 1.81 bits per heavy atom. The van der Waals surface area contributed by atoms with Crippen molar-refractivity contribution in [2.45, 2.75) is 49.3 Å². The minimum absolute atomic E-state index is 0.0625. The van der Waals surface area contributed by atoms with E-state index in [1.807, 2.05) is 37.3 Å². The molecular formula is C18H24N4O3S2. The van der Waals surface area contributed by atoms with Gasteiger partial charge < -0.3 is 0 Å². The molecule has 146 valence electrons. The summed E-state index contributed by atoms with van der Waals surface area (Å²) in [5.41, 5.74) is 0.916. The number of carbonyl (C=O) groups is 1. The van der Waals surface area contributed by atoms with Gasteiger partial charge >= 0.3 is 0 Å². The SMILES string of the molecule is CCC(C(=O)Nc1nnc(S(=O)(=O)N2CCCCCC2)s1)c1ccccc1. The Labute approximate surface area is 163 Å². The Hall–Kier alpha value is -1.84. The van der Waals surface area contributed by atoms with E-state index < -0.39 is 10.0 Å². The number of rotatable bonds is 6. The van der Waals surface area contributed by atoms with Gasteiger partial charge in [-0.15, -0.1) is 10.2 Å². The van der Waals surface area contributed by atoms with Gasteiger partial charge in [-0.1, -0.05) is 61.4 Å². The highest BCUT2D eigenvalue weighted by Crippen LogP contribution is 2.27. The van der Waals surface area contributed by atoms with Crippen molar-refractivity contribution in [1.29, 1.82) is 0 Å². The van der Waals surface area contributed by atoms with Gasteiger partial charge in [0.1, 0.15) is 0 Å². The van der Waals surface area contributed by atoms with Crippen LogP contribution in [0.5, 0.6) is 0 Å². The molecule has 3 rings (SSSR count). The molecule has 0 radical (unpaired) electrons. The highest BCUT2D eigenvalue weighted by atomic mass is 32.2. The number of hydrogen-bond acceptors (Lipinski definition) is 6. The number of amides is 1. The Morgan fingerprint density at radius 1 is 1.15 bits per heavy atom. The first kappa shape index (κ1) is 19.9. The maximum Gasteiger partial charge on any atom is 0.272 e. The van der Waals surface area contributed by atoms with Gasteiger partial charge in [0.2, 0.25) is 15.4 Å². The number of carbonyl (C=O) groups excluding carboxylic acids is 1. The minimum Gasteiger partial charge on any atom is -0.300 e. The number of sulfonamides is 1. The van der Waals surface area contributed by atoms with E-state index >= 15 is 0 Å². The lowest BCUT2D eigenvalue weighted by molar-refractivity contribution is -0.117. The third kappa shape index (κ3) is 4.72. The number of nitrogens with zero attached hydrogens (tertiary/aromatic N) is 3. The number of benzene rings is 1. The van der Waals surface area contributed by atoms with E-state index in [4.69, 9.17) is 0 Å². The lowest BCUT2D eigenvalue weighted by atomic mass is 9.96. The summed E-state index contributed by atoms with van der Waals surface area (Å²) in [4.78, 5) is 12.6. The Morgan fingerprint density at radius 3 is 2.44 bits per heavy atom. The van der Waals surface area contributed by atoms with Crippen LogP contribution in [-0.4, -0.2) is 41.9 Å². The van der Waals surface area contributed by atoms with Crippen LogP contribution in [0.15, 0.2) is 34.7 Å².